The first kappa shape index (κ1) is 17.9. The lowest BCUT2D eigenvalue weighted by molar-refractivity contribution is -0.150. The number of likely N-dealkylation sites (N-methyl/N-ethyl adjacent to an activating group) is 1. The van der Waals surface area contributed by atoms with Crippen LogP contribution in [0, 0.1) is 11.8 Å². The van der Waals surface area contributed by atoms with Crippen LogP contribution in [0.1, 0.15) is 34.6 Å². The van der Waals surface area contributed by atoms with Crippen molar-refractivity contribution in [2.75, 3.05) is 32.7 Å². The maximum absolute atomic E-state index is 12.1. The van der Waals surface area contributed by atoms with Crippen LogP contribution < -0.4 is 0 Å². The molecule has 0 fully saturated rings. The quantitative estimate of drug-likeness (QED) is 0.647. The topological polar surface area (TPSA) is 60.9 Å². The first-order valence-corrected chi connectivity index (χ1v) is 7.07. The van der Waals surface area contributed by atoms with E-state index in [0.717, 1.165) is 19.6 Å². The van der Waals surface area contributed by atoms with Crippen LogP contribution in [0.15, 0.2) is 0 Å². The summed E-state index contributed by atoms with van der Waals surface area (Å²) in [6, 6.07) is 0. The Morgan fingerprint density at radius 2 is 1.58 bits per heavy atom. The lowest BCUT2D eigenvalue weighted by atomic mass is 10.1. The van der Waals surface area contributed by atoms with Crippen LogP contribution in [0.5, 0.6) is 0 Å². The molecule has 19 heavy (non-hydrogen) atoms. The van der Waals surface area contributed by atoms with E-state index in [1.54, 1.807) is 4.90 Å². The van der Waals surface area contributed by atoms with Gasteiger partial charge in [0.25, 0.3) is 0 Å². The number of rotatable bonds is 9. The van der Waals surface area contributed by atoms with E-state index >= 15 is 0 Å². The minimum absolute atomic E-state index is 0.284. The van der Waals surface area contributed by atoms with Crippen molar-refractivity contribution in [1.29, 1.82) is 0 Å². The van der Waals surface area contributed by atoms with Crippen molar-refractivity contribution >= 4 is 11.9 Å². The molecule has 0 saturated heterocycles. The molecule has 1 atom stereocenters. The third-order valence-corrected chi connectivity index (χ3v) is 3.22. The summed E-state index contributed by atoms with van der Waals surface area (Å²) in [7, 11) is 0. The van der Waals surface area contributed by atoms with Crippen LogP contribution in [0.2, 0.25) is 0 Å². The first-order valence-electron chi connectivity index (χ1n) is 7.07. The fourth-order valence-corrected chi connectivity index (χ4v) is 1.91. The molecule has 0 aliphatic carbocycles. The molecule has 0 saturated carbocycles. The fourth-order valence-electron chi connectivity index (χ4n) is 1.91. The SMILES string of the molecule is CCN(CC)CCN(CC(C)C)C(=O)C(C)C(=O)O. The minimum Gasteiger partial charge on any atom is -0.481 e. The van der Waals surface area contributed by atoms with E-state index < -0.39 is 11.9 Å². The lowest BCUT2D eigenvalue weighted by Gasteiger charge is -2.29. The fraction of sp³-hybridized carbons (Fsp3) is 0.857. The van der Waals surface area contributed by atoms with Gasteiger partial charge in [0.15, 0.2) is 0 Å². The van der Waals surface area contributed by atoms with Gasteiger partial charge in [-0.1, -0.05) is 27.7 Å². The summed E-state index contributed by atoms with van der Waals surface area (Å²) in [4.78, 5) is 27.0. The van der Waals surface area contributed by atoms with Crippen molar-refractivity contribution in [2.24, 2.45) is 11.8 Å². The highest BCUT2D eigenvalue weighted by Crippen LogP contribution is 2.07. The molecule has 0 spiro atoms. The van der Waals surface area contributed by atoms with Gasteiger partial charge in [0.05, 0.1) is 0 Å². The van der Waals surface area contributed by atoms with Crippen LogP contribution in [-0.4, -0.2) is 59.5 Å². The van der Waals surface area contributed by atoms with Crippen molar-refractivity contribution in [1.82, 2.24) is 9.80 Å². The molecule has 1 N–H and O–H groups in total. The molecule has 0 aromatic carbocycles. The Hall–Kier alpha value is -1.10. The Balaban J connectivity index is 4.62. The van der Waals surface area contributed by atoms with Crippen molar-refractivity contribution in [3.63, 3.8) is 0 Å². The first-order chi connectivity index (χ1) is 8.83. The third kappa shape index (κ3) is 6.57. The van der Waals surface area contributed by atoms with Crippen LogP contribution >= 0.6 is 0 Å². The number of aliphatic carboxylic acids is 1. The Morgan fingerprint density at radius 1 is 1.05 bits per heavy atom. The zero-order chi connectivity index (χ0) is 15.0. The van der Waals surface area contributed by atoms with Gasteiger partial charge in [-0.05, 0) is 25.9 Å². The Bertz CT molecular complexity index is 288. The monoisotopic (exact) mass is 272 g/mol. The second-order valence-electron chi connectivity index (χ2n) is 5.26. The van der Waals surface area contributed by atoms with E-state index in [1.807, 2.05) is 13.8 Å². The number of carboxylic acids is 1. The second kappa shape index (κ2) is 8.91. The maximum atomic E-state index is 12.1. The third-order valence-electron chi connectivity index (χ3n) is 3.22. The smallest absolute Gasteiger partial charge is 0.315 e. The average molecular weight is 272 g/mol. The van der Waals surface area contributed by atoms with Gasteiger partial charge in [-0.3, -0.25) is 9.59 Å². The molecular weight excluding hydrogens is 244 g/mol. The van der Waals surface area contributed by atoms with E-state index in [2.05, 4.69) is 18.7 Å². The van der Waals surface area contributed by atoms with Crippen LogP contribution in [0.4, 0.5) is 0 Å². The van der Waals surface area contributed by atoms with Gasteiger partial charge in [-0.2, -0.15) is 0 Å². The van der Waals surface area contributed by atoms with Gasteiger partial charge in [0.2, 0.25) is 5.91 Å². The number of hydrogen-bond acceptors (Lipinski definition) is 3. The molecule has 0 aromatic rings. The Kier molecular flexibility index (Phi) is 8.39. The van der Waals surface area contributed by atoms with Crippen LogP contribution in [0.25, 0.3) is 0 Å². The molecule has 0 heterocycles. The van der Waals surface area contributed by atoms with E-state index in [9.17, 15) is 9.59 Å². The maximum Gasteiger partial charge on any atom is 0.315 e. The number of carbonyl (C=O) groups excluding carboxylic acids is 1. The molecule has 1 unspecified atom stereocenters. The van der Waals surface area contributed by atoms with Crippen molar-refractivity contribution in [2.45, 2.75) is 34.6 Å². The number of nitrogens with zero attached hydrogens (tertiary/aromatic N) is 2. The summed E-state index contributed by atoms with van der Waals surface area (Å²) in [5, 5.41) is 8.95. The molecule has 0 radical (unpaired) electrons. The molecule has 5 heteroatoms. The normalized spacial score (nSPS) is 12.8. The highest BCUT2D eigenvalue weighted by molar-refractivity contribution is 5.96. The van der Waals surface area contributed by atoms with E-state index in [1.165, 1.54) is 6.92 Å². The minimum atomic E-state index is -1.05. The van der Waals surface area contributed by atoms with Gasteiger partial charge in [-0.15, -0.1) is 0 Å². The highest BCUT2D eigenvalue weighted by atomic mass is 16.4. The second-order valence-corrected chi connectivity index (χ2v) is 5.26. The molecule has 1 amide bonds. The Morgan fingerprint density at radius 3 is 1.95 bits per heavy atom. The lowest BCUT2D eigenvalue weighted by Crippen LogP contribution is -2.44. The number of carboxylic acid groups (broad SMARTS) is 1. The van der Waals surface area contributed by atoms with Gasteiger partial charge < -0.3 is 14.9 Å². The van der Waals surface area contributed by atoms with Crippen LogP contribution in [0.3, 0.4) is 0 Å². The number of carbonyl (C=O) groups is 2. The van der Waals surface area contributed by atoms with Crippen LogP contribution in [-0.2, 0) is 9.59 Å². The number of hydrogen-bond donors (Lipinski definition) is 1. The standard InChI is InChI=1S/C14H28N2O3/c1-6-15(7-2)8-9-16(10-11(3)4)13(17)12(5)14(18)19/h11-12H,6-10H2,1-5H3,(H,18,19). The highest BCUT2D eigenvalue weighted by Gasteiger charge is 2.26. The number of amides is 1. The molecule has 112 valence electrons. The molecule has 0 aromatic heterocycles. The summed E-state index contributed by atoms with van der Waals surface area (Å²) < 4.78 is 0. The molecular formula is C14H28N2O3. The largest absolute Gasteiger partial charge is 0.481 e. The van der Waals surface area contributed by atoms with E-state index in [-0.39, 0.29) is 5.91 Å². The zero-order valence-electron chi connectivity index (χ0n) is 12.8. The molecule has 0 aliphatic heterocycles. The molecule has 0 rings (SSSR count). The molecule has 0 aliphatic rings. The van der Waals surface area contributed by atoms with Gasteiger partial charge in [0, 0.05) is 19.6 Å². The summed E-state index contributed by atoms with van der Waals surface area (Å²) in [5.74, 6) is -1.97. The predicted molar refractivity (Wildman–Crippen MR) is 76.0 cm³/mol. The molecule has 5 nitrogen and oxygen atoms in total. The van der Waals surface area contributed by atoms with E-state index in [4.69, 9.17) is 5.11 Å². The van der Waals surface area contributed by atoms with E-state index in [0.29, 0.717) is 19.0 Å². The summed E-state index contributed by atoms with van der Waals surface area (Å²) in [6.45, 7) is 13.5. The predicted octanol–water partition coefficient (Wildman–Crippen LogP) is 1.53. The zero-order valence-corrected chi connectivity index (χ0v) is 12.8. The van der Waals surface area contributed by atoms with Crippen molar-refractivity contribution in [3.05, 3.63) is 0 Å². The van der Waals surface area contributed by atoms with Crippen molar-refractivity contribution in [3.8, 4) is 0 Å². The Labute approximate surface area is 116 Å². The van der Waals surface area contributed by atoms with Crippen molar-refractivity contribution < 1.29 is 14.7 Å². The summed E-state index contributed by atoms with van der Waals surface area (Å²) in [6.07, 6.45) is 0. The summed E-state index contributed by atoms with van der Waals surface area (Å²) >= 11 is 0. The van der Waals surface area contributed by atoms with Gasteiger partial charge >= 0.3 is 5.97 Å². The summed E-state index contributed by atoms with van der Waals surface area (Å²) in [5.41, 5.74) is 0. The van der Waals surface area contributed by atoms with Gasteiger partial charge in [0.1, 0.15) is 5.92 Å². The van der Waals surface area contributed by atoms with Gasteiger partial charge in [-0.25, -0.2) is 0 Å². The molecule has 0 bridgehead atoms. The average Bonchev–Trinajstić information content (AvgIpc) is 2.36.